The maximum absolute atomic E-state index is 12.3. The van der Waals surface area contributed by atoms with E-state index in [1.807, 2.05) is 0 Å². The first-order valence-corrected chi connectivity index (χ1v) is 6.78. The zero-order chi connectivity index (χ0) is 14.8. The van der Waals surface area contributed by atoms with Crippen molar-refractivity contribution in [2.24, 2.45) is 0 Å². The van der Waals surface area contributed by atoms with E-state index in [0.717, 1.165) is 0 Å². The molecule has 1 aliphatic heterocycles. The molecule has 110 valence electrons. The van der Waals surface area contributed by atoms with Gasteiger partial charge < -0.3 is 14.8 Å². The third-order valence-electron chi connectivity index (χ3n) is 3.05. The predicted molar refractivity (Wildman–Crippen MR) is 74.7 cm³/mol. The lowest BCUT2D eigenvalue weighted by Crippen LogP contribution is -2.27. The van der Waals surface area contributed by atoms with Crippen LogP contribution in [0.2, 0.25) is 5.02 Å². The van der Waals surface area contributed by atoms with Crippen LogP contribution in [0.3, 0.4) is 0 Å². The van der Waals surface area contributed by atoms with E-state index in [4.69, 9.17) is 21.1 Å². The summed E-state index contributed by atoms with van der Waals surface area (Å²) in [4.78, 5) is 16.3. The van der Waals surface area contributed by atoms with Crippen molar-refractivity contribution < 1.29 is 14.3 Å². The van der Waals surface area contributed by atoms with E-state index in [0.29, 0.717) is 41.1 Å². The highest BCUT2D eigenvalue weighted by molar-refractivity contribution is 6.32. The Bertz CT molecular complexity index is 660. The van der Waals surface area contributed by atoms with Gasteiger partial charge in [0.25, 0.3) is 5.91 Å². The second-order valence-electron chi connectivity index (χ2n) is 4.55. The number of amides is 1. The number of nitrogens with zero attached hydrogens (tertiary/aromatic N) is 2. The number of rotatable bonds is 3. The molecule has 1 aliphatic rings. The van der Waals surface area contributed by atoms with Crippen LogP contribution >= 0.6 is 11.6 Å². The van der Waals surface area contributed by atoms with Gasteiger partial charge >= 0.3 is 0 Å². The van der Waals surface area contributed by atoms with E-state index in [2.05, 4.69) is 20.5 Å². The number of carbonyl (C=O) groups excluding carboxylic acids is 1. The van der Waals surface area contributed by atoms with Gasteiger partial charge in [0.15, 0.2) is 11.5 Å². The summed E-state index contributed by atoms with van der Waals surface area (Å²) < 4.78 is 10.9. The first kappa shape index (κ1) is 13.7. The Labute approximate surface area is 125 Å². The van der Waals surface area contributed by atoms with Gasteiger partial charge in [-0.05, 0) is 19.1 Å². The van der Waals surface area contributed by atoms with Crippen LogP contribution in [0.15, 0.2) is 18.5 Å². The SMILES string of the molecule is CC(NC(=O)c1cc(Cl)c2c(c1)OCCO2)c1ncn[nH]1. The minimum atomic E-state index is -0.299. The summed E-state index contributed by atoms with van der Waals surface area (Å²) in [6.07, 6.45) is 1.39. The summed E-state index contributed by atoms with van der Waals surface area (Å²) in [5, 5.41) is 9.61. The van der Waals surface area contributed by atoms with Crippen LogP contribution in [0.1, 0.15) is 29.1 Å². The number of ether oxygens (including phenoxy) is 2. The molecule has 0 radical (unpaired) electrons. The predicted octanol–water partition coefficient (Wildman–Crippen LogP) is 1.72. The van der Waals surface area contributed by atoms with Crippen molar-refractivity contribution in [3.05, 3.63) is 34.9 Å². The van der Waals surface area contributed by atoms with Gasteiger partial charge in [0.05, 0.1) is 11.1 Å². The summed E-state index contributed by atoms with van der Waals surface area (Å²) in [7, 11) is 0. The molecule has 7 nitrogen and oxygen atoms in total. The quantitative estimate of drug-likeness (QED) is 0.901. The first-order chi connectivity index (χ1) is 10.1. The molecule has 21 heavy (non-hydrogen) atoms. The molecule has 1 amide bonds. The maximum Gasteiger partial charge on any atom is 0.252 e. The van der Waals surface area contributed by atoms with Gasteiger partial charge in [-0.3, -0.25) is 9.89 Å². The van der Waals surface area contributed by atoms with Crippen LogP contribution < -0.4 is 14.8 Å². The summed E-state index contributed by atoms with van der Waals surface area (Å²) in [6, 6.07) is 2.87. The van der Waals surface area contributed by atoms with E-state index in [9.17, 15) is 4.79 Å². The van der Waals surface area contributed by atoms with Crippen molar-refractivity contribution in [1.29, 1.82) is 0 Å². The molecule has 1 aromatic heterocycles. The zero-order valence-corrected chi connectivity index (χ0v) is 12.0. The van der Waals surface area contributed by atoms with Crippen molar-refractivity contribution in [1.82, 2.24) is 20.5 Å². The molecule has 0 fully saturated rings. The van der Waals surface area contributed by atoms with E-state index in [1.54, 1.807) is 19.1 Å². The topological polar surface area (TPSA) is 89.1 Å². The van der Waals surface area contributed by atoms with E-state index in [1.165, 1.54) is 6.33 Å². The lowest BCUT2D eigenvalue weighted by Gasteiger charge is -2.20. The Kier molecular flexibility index (Phi) is 3.66. The van der Waals surface area contributed by atoms with E-state index < -0.39 is 0 Å². The molecule has 2 aromatic rings. The standard InChI is InChI=1S/C13H13ClN4O3/c1-7(12-15-6-16-18-12)17-13(19)8-4-9(14)11-10(5-8)20-2-3-21-11/h4-7H,2-3H2,1H3,(H,17,19)(H,15,16,18). The Morgan fingerprint density at radius 1 is 1.43 bits per heavy atom. The number of hydrogen-bond donors (Lipinski definition) is 2. The van der Waals surface area contributed by atoms with Gasteiger partial charge in [-0.1, -0.05) is 11.6 Å². The van der Waals surface area contributed by atoms with Gasteiger partial charge in [0.1, 0.15) is 25.4 Å². The summed E-state index contributed by atoms with van der Waals surface area (Å²) in [5.41, 5.74) is 0.399. The Hall–Kier alpha value is -2.28. The van der Waals surface area contributed by atoms with Crippen molar-refractivity contribution >= 4 is 17.5 Å². The lowest BCUT2D eigenvalue weighted by atomic mass is 10.1. The minimum absolute atomic E-state index is 0.280. The molecule has 0 saturated carbocycles. The number of fused-ring (bicyclic) bond motifs is 1. The molecule has 2 heterocycles. The fraction of sp³-hybridized carbons (Fsp3) is 0.308. The molecule has 1 aromatic carbocycles. The smallest absolute Gasteiger partial charge is 0.252 e. The average Bonchev–Trinajstić information content (AvgIpc) is 3.01. The van der Waals surface area contributed by atoms with Gasteiger partial charge in [-0.15, -0.1) is 0 Å². The minimum Gasteiger partial charge on any atom is -0.486 e. The normalized spacial score (nSPS) is 14.6. The third-order valence-corrected chi connectivity index (χ3v) is 3.33. The van der Waals surface area contributed by atoms with Gasteiger partial charge in [-0.2, -0.15) is 5.10 Å². The van der Waals surface area contributed by atoms with E-state index >= 15 is 0 Å². The summed E-state index contributed by atoms with van der Waals surface area (Å²) >= 11 is 6.11. The Morgan fingerprint density at radius 2 is 2.24 bits per heavy atom. The molecule has 0 saturated heterocycles. The molecule has 0 aliphatic carbocycles. The number of halogens is 1. The van der Waals surface area contributed by atoms with Crippen LogP contribution in [0.25, 0.3) is 0 Å². The number of hydrogen-bond acceptors (Lipinski definition) is 5. The van der Waals surface area contributed by atoms with E-state index in [-0.39, 0.29) is 11.9 Å². The molecule has 0 bridgehead atoms. The molecule has 0 spiro atoms. The lowest BCUT2D eigenvalue weighted by molar-refractivity contribution is 0.0937. The second kappa shape index (κ2) is 5.61. The van der Waals surface area contributed by atoms with Crippen LogP contribution in [-0.4, -0.2) is 34.3 Å². The molecule has 1 atom stereocenters. The fourth-order valence-electron chi connectivity index (χ4n) is 2.01. The molecular formula is C13H13ClN4O3. The first-order valence-electron chi connectivity index (χ1n) is 6.40. The maximum atomic E-state index is 12.3. The number of carbonyl (C=O) groups is 1. The molecule has 8 heteroatoms. The van der Waals surface area contributed by atoms with Crippen molar-refractivity contribution in [2.75, 3.05) is 13.2 Å². The molecule has 1 unspecified atom stereocenters. The molecule has 2 N–H and O–H groups in total. The van der Waals surface area contributed by atoms with Gasteiger partial charge in [-0.25, -0.2) is 4.98 Å². The number of benzene rings is 1. The summed E-state index contributed by atoms with van der Waals surface area (Å²) in [5.74, 6) is 1.25. The van der Waals surface area contributed by atoms with Gasteiger partial charge in [0.2, 0.25) is 0 Å². The number of aromatic amines is 1. The Balaban J connectivity index is 1.80. The number of H-pyrrole nitrogens is 1. The average molecular weight is 309 g/mol. The van der Waals surface area contributed by atoms with Crippen LogP contribution in [0, 0.1) is 0 Å². The Morgan fingerprint density at radius 3 is 3.00 bits per heavy atom. The summed E-state index contributed by atoms with van der Waals surface area (Å²) in [6.45, 7) is 2.68. The van der Waals surface area contributed by atoms with Crippen molar-refractivity contribution in [3.8, 4) is 11.5 Å². The molecule has 3 rings (SSSR count). The third kappa shape index (κ3) is 2.78. The van der Waals surface area contributed by atoms with Crippen LogP contribution in [-0.2, 0) is 0 Å². The monoisotopic (exact) mass is 308 g/mol. The number of aromatic nitrogens is 3. The zero-order valence-electron chi connectivity index (χ0n) is 11.2. The highest BCUT2D eigenvalue weighted by Crippen LogP contribution is 2.38. The highest BCUT2D eigenvalue weighted by Gasteiger charge is 2.20. The molecular weight excluding hydrogens is 296 g/mol. The largest absolute Gasteiger partial charge is 0.486 e. The van der Waals surface area contributed by atoms with Gasteiger partial charge in [0, 0.05) is 5.56 Å². The highest BCUT2D eigenvalue weighted by atomic mass is 35.5. The van der Waals surface area contributed by atoms with Crippen molar-refractivity contribution in [3.63, 3.8) is 0 Å². The number of nitrogens with one attached hydrogen (secondary N) is 2. The second-order valence-corrected chi connectivity index (χ2v) is 4.96. The van der Waals surface area contributed by atoms with Crippen molar-refractivity contribution in [2.45, 2.75) is 13.0 Å². The fourth-order valence-corrected chi connectivity index (χ4v) is 2.28. The van der Waals surface area contributed by atoms with Crippen LogP contribution in [0.5, 0.6) is 11.5 Å². The van der Waals surface area contributed by atoms with Crippen LogP contribution in [0.4, 0.5) is 0 Å².